The Labute approximate surface area is 84.0 Å². The van der Waals surface area contributed by atoms with Gasteiger partial charge in [0.1, 0.15) is 8.24 Å². The first-order valence-corrected chi connectivity index (χ1v) is 8.57. The van der Waals surface area contributed by atoms with Crippen molar-refractivity contribution >= 4 is 8.24 Å². The van der Waals surface area contributed by atoms with Crippen molar-refractivity contribution in [2.24, 2.45) is 0 Å². The van der Waals surface area contributed by atoms with Crippen LogP contribution in [0, 0.1) is 0 Å². The summed E-state index contributed by atoms with van der Waals surface area (Å²) >= 11 is 0. The quantitative estimate of drug-likeness (QED) is 0.642. The molecule has 0 aromatic rings. The molecule has 1 fully saturated rings. The summed E-state index contributed by atoms with van der Waals surface area (Å²) in [6, 6.07) is 1.50. The fraction of sp³-hybridized carbons (Fsp3) is 1.00. The molecule has 0 radical (unpaired) electrons. The van der Waals surface area contributed by atoms with E-state index < -0.39 is 8.24 Å². The van der Waals surface area contributed by atoms with Gasteiger partial charge >= 0.3 is 0 Å². The fourth-order valence-corrected chi connectivity index (χ4v) is 4.96. The molecule has 0 aromatic carbocycles. The maximum absolute atomic E-state index is 2.77. The van der Waals surface area contributed by atoms with Crippen LogP contribution in [0.4, 0.5) is 0 Å². The molecule has 0 atom stereocenters. The van der Waals surface area contributed by atoms with Crippen molar-refractivity contribution in [1.29, 1.82) is 0 Å². The highest BCUT2D eigenvalue weighted by atomic mass is 28.3. The van der Waals surface area contributed by atoms with Gasteiger partial charge in [0.05, 0.1) is 0 Å². The summed E-state index contributed by atoms with van der Waals surface area (Å²) in [5.74, 6) is 0. The second-order valence-electron chi connectivity index (χ2n) is 5.06. The zero-order valence-electron chi connectivity index (χ0n) is 9.64. The summed E-state index contributed by atoms with van der Waals surface area (Å²) in [5.41, 5.74) is 0. The summed E-state index contributed by atoms with van der Waals surface area (Å²) in [6.07, 6.45) is 2.89. The van der Waals surface area contributed by atoms with Crippen LogP contribution in [0.5, 0.6) is 0 Å². The molecule has 0 bridgehead atoms. The van der Waals surface area contributed by atoms with E-state index in [2.05, 4.69) is 36.7 Å². The Balaban J connectivity index is 2.37. The standard InChI is InChI=1S/C10H24N2Si/c1-11(2)8-9-12-7-5-6-10-13(12,3)4/h5-10H2,1-4H3. The van der Waals surface area contributed by atoms with Gasteiger partial charge in [0.2, 0.25) is 0 Å². The summed E-state index contributed by atoms with van der Waals surface area (Å²) in [5, 5.41) is 0. The Morgan fingerprint density at radius 2 is 1.92 bits per heavy atom. The second-order valence-corrected chi connectivity index (χ2v) is 9.82. The molecule has 1 heterocycles. The Bertz CT molecular complexity index is 157. The highest BCUT2D eigenvalue weighted by Crippen LogP contribution is 2.24. The SMILES string of the molecule is CN(C)CCN1CCCC[Si]1(C)C. The van der Waals surface area contributed by atoms with E-state index in [1.54, 1.807) is 0 Å². The zero-order chi connectivity index (χ0) is 9.90. The van der Waals surface area contributed by atoms with E-state index in [1.165, 1.54) is 38.5 Å². The van der Waals surface area contributed by atoms with Crippen molar-refractivity contribution in [3.63, 3.8) is 0 Å². The van der Waals surface area contributed by atoms with Gasteiger partial charge in [-0.25, -0.2) is 0 Å². The second kappa shape index (κ2) is 4.58. The minimum Gasteiger partial charge on any atom is -0.322 e. The topological polar surface area (TPSA) is 6.48 Å². The molecule has 1 rings (SSSR count). The smallest absolute Gasteiger partial charge is 0.122 e. The van der Waals surface area contributed by atoms with Crippen LogP contribution >= 0.6 is 0 Å². The third-order valence-electron chi connectivity index (χ3n) is 3.14. The van der Waals surface area contributed by atoms with Crippen LogP contribution in [0.2, 0.25) is 19.1 Å². The van der Waals surface area contributed by atoms with Gasteiger partial charge in [-0.15, -0.1) is 0 Å². The average Bonchev–Trinajstić information content (AvgIpc) is 2.01. The highest BCUT2D eigenvalue weighted by molar-refractivity contribution is 6.74. The van der Waals surface area contributed by atoms with E-state index in [-0.39, 0.29) is 0 Å². The van der Waals surface area contributed by atoms with Gasteiger partial charge in [-0.05, 0) is 33.1 Å². The summed E-state index contributed by atoms with van der Waals surface area (Å²) in [7, 11) is 3.35. The summed E-state index contributed by atoms with van der Waals surface area (Å²) in [4.78, 5) is 2.29. The summed E-state index contributed by atoms with van der Waals surface area (Å²) < 4.78 is 2.77. The van der Waals surface area contributed by atoms with Crippen LogP contribution in [0.3, 0.4) is 0 Å². The predicted octanol–water partition coefficient (Wildman–Crippen LogP) is 1.85. The van der Waals surface area contributed by atoms with Gasteiger partial charge < -0.3 is 9.47 Å². The molecule has 0 aliphatic carbocycles. The third-order valence-corrected chi connectivity index (χ3v) is 6.88. The van der Waals surface area contributed by atoms with Gasteiger partial charge in [0.15, 0.2) is 0 Å². The number of rotatable bonds is 3. The van der Waals surface area contributed by atoms with Crippen molar-refractivity contribution in [2.75, 3.05) is 33.7 Å². The normalized spacial score (nSPS) is 23.8. The molecule has 1 saturated heterocycles. The van der Waals surface area contributed by atoms with Crippen molar-refractivity contribution < 1.29 is 0 Å². The van der Waals surface area contributed by atoms with Crippen LogP contribution in [0.1, 0.15) is 12.8 Å². The van der Waals surface area contributed by atoms with Crippen LogP contribution in [-0.2, 0) is 0 Å². The number of likely N-dealkylation sites (N-methyl/N-ethyl adjacent to an activating group) is 1. The van der Waals surface area contributed by atoms with E-state index in [0.717, 1.165) is 0 Å². The monoisotopic (exact) mass is 200 g/mol. The molecule has 0 saturated carbocycles. The van der Waals surface area contributed by atoms with Crippen LogP contribution in [0.25, 0.3) is 0 Å². The lowest BCUT2D eigenvalue weighted by Crippen LogP contribution is -2.53. The molecular weight excluding hydrogens is 176 g/mol. The molecule has 13 heavy (non-hydrogen) atoms. The van der Waals surface area contributed by atoms with Crippen LogP contribution in [-0.4, -0.2) is 51.4 Å². The van der Waals surface area contributed by atoms with Crippen molar-refractivity contribution in [3.05, 3.63) is 0 Å². The Morgan fingerprint density at radius 3 is 2.46 bits per heavy atom. The van der Waals surface area contributed by atoms with E-state index in [0.29, 0.717) is 0 Å². The molecule has 3 heteroatoms. The molecule has 1 aliphatic heterocycles. The van der Waals surface area contributed by atoms with Gasteiger partial charge in [-0.1, -0.05) is 19.5 Å². The van der Waals surface area contributed by atoms with Gasteiger partial charge in [-0.3, -0.25) is 0 Å². The van der Waals surface area contributed by atoms with Crippen molar-refractivity contribution in [2.45, 2.75) is 32.0 Å². The van der Waals surface area contributed by atoms with Crippen molar-refractivity contribution in [1.82, 2.24) is 9.47 Å². The molecule has 0 spiro atoms. The number of nitrogens with zero attached hydrogens (tertiary/aromatic N) is 2. The van der Waals surface area contributed by atoms with E-state index in [4.69, 9.17) is 0 Å². The van der Waals surface area contributed by atoms with Crippen molar-refractivity contribution in [3.8, 4) is 0 Å². The van der Waals surface area contributed by atoms with Gasteiger partial charge in [0.25, 0.3) is 0 Å². The predicted molar refractivity (Wildman–Crippen MR) is 61.7 cm³/mol. The minimum absolute atomic E-state index is 0.980. The lowest BCUT2D eigenvalue weighted by atomic mass is 10.3. The fourth-order valence-electron chi connectivity index (χ4n) is 2.06. The molecule has 0 aromatic heterocycles. The molecule has 0 amide bonds. The average molecular weight is 200 g/mol. The maximum atomic E-state index is 2.77. The minimum atomic E-state index is -0.980. The first kappa shape index (κ1) is 11.2. The van der Waals surface area contributed by atoms with E-state index in [9.17, 15) is 0 Å². The molecular formula is C10H24N2Si. The Hall–Kier alpha value is 0.137. The lowest BCUT2D eigenvalue weighted by Gasteiger charge is -2.41. The lowest BCUT2D eigenvalue weighted by molar-refractivity contribution is 0.316. The molecule has 1 aliphatic rings. The zero-order valence-corrected chi connectivity index (χ0v) is 10.6. The van der Waals surface area contributed by atoms with Gasteiger partial charge in [-0.2, -0.15) is 0 Å². The maximum Gasteiger partial charge on any atom is 0.122 e. The van der Waals surface area contributed by atoms with Gasteiger partial charge in [0, 0.05) is 13.1 Å². The molecule has 78 valence electrons. The Kier molecular flexibility index (Phi) is 3.95. The molecule has 0 N–H and O–H groups in total. The number of hydrogen-bond acceptors (Lipinski definition) is 2. The number of hydrogen-bond donors (Lipinski definition) is 0. The van der Waals surface area contributed by atoms with Crippen LogP contribution < -0.4 is 0 Å². The largest absolute Gasteiger partial charge is 0.322 e. The first-order valence-electron chi connectivity index (χ1n) is 5.42. The third kappa shape index (κ3) is 3.41. The first-order chi connectivity index (χ1) is 6.02. The van der Waals surface area contributed by atoms with E-state index in [1.807, 2.05) is 0 Å². The van der Waals surface area contributed by atoms with E-state index >= 15 is 0 Å². The Morgan fingerprint density at radius 1 is 1.23 bits per heavy atom. The molecule has 2 nitrogen and oxygen atoms in total. The van der Waals surface area contributed by atoms with Crippen LogP contribution in [0.15, 0.2) is 0 Å². The highest BCUT2D eigenvalue weighted by Gasteiger charge is 2.31. The molecule has 0 unspecified atom stereocenters. The summed E-state index contributed by atoms with van der Waals surface area (Å²) in [6.45, 7) is 8.89.